The van der Waals surface area contributed by atoms with E-state index in [0.717, 1.165) is 11.3 Å². The molecule has 0 spiro atoms. The van der Waals surface area contributed by atoms with Crippen LogP contribution in [0.5, 0.6) is 17.2 Å². The second kappa shape index (κ2) is 6.39. The molecule has 2 rings (SSSR count). The van der Waals surface area contributed by atoms with Gasteiger partial charge in [0.25, 0.3) is 0 Å². The molecule has 2 N–H and O–H groups in total. The van der Waals surface area contributed by atoms with Crippen molar-refractivity contribution >= 4 is 17.3 Å². The largest absolute Gasteiger partial charge is 0.508 e. The Morgan fingerprint density at radius 2 is 1.65 bits per heavy atom. The number of anilines is 1. The Balaban J connectivity index is 2.14. The van der Waals surface area contributed by atoms with Gasteiger partial charge >= 0.3 is 0 Å². The number of halogens is 1. The topological polar surface area (TPSA) is 50.7 Å². The molecule has 0 radical (unpaired) electrons. The lowest BCUT2D eigenvalue weighted by molar-refractivity contribution is 0.354. The van der Waals surface area contributed by atoms with Crippen LogP contribution in [0.1, 0.15) is 5.56 Å². The van der Waals surface area contributed by atoms with Gasteiger partial charge in [-0.2, -0.15) is 0 Å². The molecule has 0 atom stereocenters. The summed E-state index contributed by atoms with van der Waals surface area (Å²) in [5.74, 6) is 1.48. The Morgan fingerprint density at radius 1 is 1.05 bits per heavy atom. The fourth-order valence-electron chi connectivity index (χ4n) is 1.81. The van der Waals surface area contributed by atoms with Crippen LogP contribution >= 0.6 is 11.6 Å². The minimum absolute atomic E-state index is 0.236. The average molecular weight is 294 g/mol. The van der Waals surface area contributed by atoms with E-state index in [1.807, 2.05) is 6.07 Å². The molecule has 2 aromatic rings. The molecule has 0 aliphatic carbocycles. The number of benzene rings is 2. The van der Waals surface area contributed by atoms with Crippen molar-refractivity contribution in [2.75, 3.05) is 19.5 Å². The van der Waals surface area contributed by atoms with Crippen LogP contribution < -0.4 is 14.8 Å². The Hall–Kier alpha value is -2.07. The normalized spacial score (nSPS) is 10.2. The van der Waals surface area contributed by atoms with Crippen LogP contribution in [0.25, 0.3) is 0 Å². The van der Waals surface area contributed by atoms with Gasteiger partial charge in [-0.1, -0.05) is 11.6 Å². The predicted molar refractivity (Wildman–Crippen MR) is 80.0 cm³/mol. The Labute approximate surface area is 122 Å². The molecule has 0 bridgehead atoms. The maximum atomic E-state index is 9.23. The lowest BCUT2D eigenvalue weighted by Crippen LogP contribution is -2.01. The van der Waals surface area contributed by atoms with E-state index in [-0.39, 0.29) is 5.75 Å². The molecule has 0 heterocycles. The second-order valence-electron chi connectivity index (χ2n) is 4.20. The lowest BCUT2D eigenvalue weighted by atomic mass is 10.2. The van der Waals surface area contributed by atoms with E-state index < -0.39 is 0 Å². The maximum Gasteiger partial charge on any atom is 0.162 e. The van der Waals surface area contributed by atoms with Crippen molar-refractivity contribution in [2.24, 2.45) is 0 Å². The van der Waals surface area contributed by atoms with Crippen molar-refractivity contribution in [1.82, 2.24) is 0 Å². The monoisotopic (exact) mass is 293 g/mol. The fraction of sp³-hybridized carbons (Fsp3) is 0.200. The van der Waals surface area contributed by atoms with E-state index in [4.69, 9.17) is 21.1 Å². The van der Waals surface area contributed by atoms with Crippen LogP contribution in [0.2, 0.25) is 5.02 Å². The van der Waals surface area contributed by atoms with Crippen molar-refractivity contribution < 1.29 is 14.6 Å². The van der Waals surface area contributed by atoms with Gasteiger partial charge < -0.3 is 19.9 Å². The highest BCUT2D eigenvalue weighted by Crippen LogP contribution is 2.33. The summed E-state index contributed by atoms with van der Waals surface area (Å²) < 4.78 is 10.4. The molecule has 0 fully saturated rings. The van der Waals surface area contributed by atoms with Gasteiger partial charge in [-0.15, -0.1) is 0 Å². The zero-order valence-electron chi connectivity index (χ0n) is 11.3. The van der Waals surface area contributed by atoms with Gasteiger partial charge in [0.1, 0.15) is 5.75 Å². The number of hydrogen-bond acceptors (Lipinski definition) is 4. The van der Waals surface area contributed by atoms with Gasteiger partial charge in [0, 0.05) is 23.3 Å². The third-order valence-electron chi connectivity index (χ3n) is 2.90. The molecular weight excluding hydrogens is 278 g/mol. The molecule has 0 aliphatic rings. The minimum atomic E-state index is 0.236. The van der Waals surface area contributed by atoms with Crippen molar-refractivity contribution in [3.05, 3.63) is 47.0 Å². The lowest BCUT2D eigenvalue weighted by Gasteiger charge is -2.13. The number of phenolic OH excluding ortho intramolecular Hbond substituents is 1. The van der Waals surface area contributed by atoms with Crippen molar-refractivity contribution in [2.45, 2.75) is 6.54 Å². The minimum Gasteiger partial charge on any atom is -0.508 e. The second-order valence-corrected chi connectivity index (χ2v) is 4.61. The Bertz CT molecular complexity index is 584. The first-order valence-electron chi connectivity index (χ1n) is 6.07. The number of aromatic hydroxyl groups is 1. The van der Waals surface area contributed by atoms with E-state index in [2.05, 4.69) is 5.32 Å². The average Bonchev–Trinajstić information content (AvgIpc) is 2.47. The van der Waals surface area contributed by atoms with E-state index >= 15 is 0 Å². The van der Waals surface area contributed by atoms with Gasteiger partial charge in [0.15, 0.2) is 11.5 Å². The zero-order valence-corrected chi connectivity index (χ0v) is 12.1. The number of hydrogen-bond donors (Lipinski definition) is 2. The van der Waals surface area contributed by atoms with Crippen molar-refractivity contribution in [3.63, 3.8) is 0 Å². The molecule has 0 saturated carbocycles. The summed E-state index contributed by atoms with van der Waals surface area (Å²) in [5, 5.41) is 13.1. The first kappa shape index (κ1) is 14.3. The van der Waals surface area contributed by atoms with Gasteiger partial charge in [0.2, 0.25) is 0 Å². The molecule has 0 unspecified atom stereocenters. The summed E-state index contributed by atoms with van der Waals surface area (Å²) in [4.78, 5) is 0. The first-order valence-corrected chi connectivity index (χ1v) is 6.45. The van der Waals surface area contributed by atoms with Gasteiger partial charge in [-0.05, 0) is 35.9 Å². The van der Waals surface area contributed by atoms with Crippen LogP contribution in [0.3, 0.4) is 0 Å². The summed E-state index contributed by atoms with van der Waals surface area (Å²) in [7, 11) is 3.16. The zero-order chi connectivity index (χ0) is 14.5. The number of rotatable bonds is 5. The maximum absolute atomic E-state index is 9.23. The Morgan fingerprint density at radius 3 is 2.25 bits per heavy atom. The summed E-state index contributed by atoms with van der Waals surface area (Å²) in [6, 6.07) is 10.4. The van der Waals surface area contributed by atoms with Crippen molar-refractivity contribution in [3.8, 4) is 17.2 Å². The fourth-order valence-corrected chi connectivity index (χ4v) is 2.03. The predicted octanol–water partition coefficient (Wildman–Crippen LogP) is 3.67. The molecule has 20 heavy (non-hydrogen) atoms. The molecule has 0 aromatic heterocycles. The van der Waals surface area contributed by atoms with E-state index in [0.29, 0.717) is 23.1 Å². The van der Waals surface area contributed by atoms with Crippen LogP contribution in [-0.2, 0) is 6.54 Å². The van der Waals surface area contributed by atoms with Crippen molar-refractivity contribution in [1.29, 1.82) is 0 Å². The highest BCUT2D eigenvalue weighted by molar-refractivity contribution is 6.31. The van der Waals surface area contributed by atoms with Crippen LogP contribution in [0.4, 0.5) is 5.69 Å². The smallest absolute Gasteiger partial charge is 0.162 e. The highest BCUT2D eigenvalue weighted by Gasteiger charge is 2.09. The molecule has 0 aliphatic heterocycles. The highest BCUT2D eigenvalue weighted by atomic mass is 35.5. The third-order valence-corrected chi connectivity index (χ3v) is 3.25. The molecule has 0 saturated heterocycles. The number of nitrogens with one attached hydrogen (secondary N) is 1. The molecule has 4 nitrogen and oxygen atoms in total. The quantitative estimate of drug-likeness (QED) is 0.826. The molecule has 106 valence electrons. The van der Waals surface area contributed by atoms with E-state index in [9.17, 15) is 5.11 Å². The van der Waals surface area contributed by atoms with Gasteiger partial charge in [-0.3, -0.25) is 0 Å². The molecule has 5 heteroatoms. The van der Waals surface area contributed by atoms with Crippen LogP contribution in [0.15, 0.2) is 36.4 Å². The van der Waals surface area contributed by atoms with Crippen LogP contribution in [0, 0.1) is 0 Å². The summed E-state index contributed by atoms with van der Waals surface area (Å²) in [5.41, 5.74) is 1.80. The SMILES string of the molecule is COc1cc(Cl)c(CNc2ccc(O)cc2)cc1OC. The third kappa shape index (κ3) is 3.27. The number of phenols is 1. The number of ether oxygens (including phenoxy) is 2. The first-order chi connectivity index (χ1) is 9.63. The van der Waals surface area contributed by atoms with Gasteiger partial charge in [0.05, 0.1) is 14.2 Å². The standard InChI is InChI=1S/C15H16ClNO3/c1-19-14-7-10(13(16)8-15(14)20-2)9-17-11-3-5-12(18)6-4-11/h3-8,17-18H,9H2,1-2H3. The van der Waals surface area contributed by atoms with E-state index in [1.165, 1.54) is 0 Å². The molecular formula is C15H16ClNO3. The van der Waals surface area contributed by atoms with Gasteiger partial charge in [-0.25, -0.2) is 0 Å². The van der Waals surface area contributed by atoms with Crippen LogP contribution in [-0.4, -0.2) is 19.3 Å². The summed E-state index contributed by atoms with van der Waals surface area (Å²) >= 11 is 6.21. The number of methoxy groups -OCH3 is 2. The van der Waals surface area contributed by atoms with E-state index in [1.54, 1.807) is 44.6 Å². The molecule has 0 amide bonds. The molecule has 2 aromatic carbocycles. The summed E-state index contributed by atoms with van der Waals surface area (Å²) in [6.07, 6.45) is 0. The summed E-state index contributed by atoms with van der Waals surface area (Å²) in [6.45, 7) is 0.546. The Kier molecular flexibility index (Phi) is 4.58.